The highest BCUT2D eigenvalue weighted by atomic mass is 32.2. The van der Waals surface area contributed by atoms with Gasteiger partial charge in [0.1, 0.15) is 0 Å². The van der Waals surface area contributed by atoms with E-state index in [2.05, 4.69) is 15.5 Å². The third kappa shape index (κ3) is 5.16. The fourth-order valence-corrected chi connectivity index (χ4v) is 2.70. The second-order valence-electron chi connectivity index (χ2n) is 5.90. The van der Waals surface area contributed by atoms with Crippen molar-refractivity contribution in [2.24, 2.45) is 0 Å². The first-order valence-electron chi connectivity index (χ1n) is 7.68. The number of amides is 1. The summed E-state index contributed by atoms with van der Waals surface area (Å²) in [5, 5.41) is 6.56. The van der Waals surface area contributed by atoms with Crippen molar-refractivity contribution in [2.45, 2.75) is 43.9 Å². The van der Waals surface area contributed by atoms with E-state index in [0.29, 0.717) is 30.2 Å². The number of aryl methyl sites for hydroxylation is 1. The summed E-state index contributed by atoms with van der Waals surface area (Å²) in [5.41, 5.74) is 0.461. The minimum absolute atomic E-state index is 0.173. The molecule has 1 N–H and O–H groups in total. The maximum atomic E-state index is 11.9. The number of sulfone groups is 1. The van der Waals surface area contributed by atoms with Gasteiger partial charge in [-0.1, -0.05) is 25.1 Å². The Balaban J connectivity index is 1.85. The van der Waals surface area contributed by atoms with Crippen LogP contribution in [0.4, 0.5) is 5.69 Å². The molecule has 2 aromatic rings. The quantitative estimate of drug-likeness (QED) is 0.822. The lowest BCUT2D eigenvalue weighted by molar-refractivity contribution is -0.116. The van der Waals surface area contributed by atoms with Crippen LogP contribution in [0.3, 0.4) is 0 Å². The minimum Gasteiger partial charge on any atom is -0.339 e. The molecule has 1 aromatic carbocycles. The molecule has 1 heterocycles. The van der Waals surface area contributed by atoms with Crippen molar-refractivity contribution in [1.29, 1.82) is 0 Å². The Morgan fingerprint density at radius 2 is 2.08 bits per heavy atom. The van der Waals surface area contributed by atoms with Crippen LogP contribution in [0.25, 0.3) is 0 Å². The molecule has 0 atom stereocenters. The molecule has 0 bridgehead atoms. The van der Waals surface area contributed by atoms with Gasteiger partial charge in [-0.25, -0.2) is 8.42 Å². The molecule has 0 spiro atoms. The summed E-state index contributed by atoms with van der Waals surface area (Å²) in [6.45, 7) is 3.96. The van der Waals surface area contributed by atoms with E-state index in [4.69, 9.17) is 4.52 Å². The van der Waals surface area contributed by atoms with Gasteiger partial charge in [-0.3, -0.25) is 4.79 Å². The molecule has 7 nitrogen and oxygen atoms in total. The number of nitrogens with one attached hydrogen (secondary N) is 1. The summed E-state index contributed by atoms with van der Waals surface area (Å²) in [4.78, 5) is 16.4. The van der Waals surface area contributed by atoms with Gasteiger partial charge in [0.25, 0.3) is 0 Å². The zero-order chi connectivity index (χ0) is 17.7. The van der Waals surface area contributed by atoms with E-state index in [1.807, 2.05) is 13.8 Å². The van der Waals surface area contributed by atoms with Gasteiger partial charge in [-0.15, -0.1) is 0 Å². The summed E-state index contributed by atoms with van der Waals surface area (Å²) in [5.74, 6) is 1.19. The van der Waals surface area contributed by atoms with Crippen molar-refractivity contribution in [3.63, 3.8) is 0 Å². The van der Waals surface area contributed by atoms with Crippen molar-refractivity contribution in [3.8, 4) is 0 Å². The fourth-order valence-electron chi connectivity index (χ4n) is 2.03. The molecule has 2 rings (SSSR count). The summed E-state index contributed by atoms with van der Waals surface area (Å²) < 4.78 is 28.1. The molecule has 0 aliphatic rings. The number of aromatic nitrogens is 2. The first-order chi connectivity index (χ1) is 11.3. The van der Waals surface area contributed by atoms with Gasteiger partial charge < -0.3 is 9.84 Å². The van der Waals surface area contributed by atoms with Crippen LogP contribution in [-0.4, -0.2) is 30.7 Å². The number of nitrogens with zero attached hydrogens (tertiary/aromatic N) is 2. The summed E-state index contributed by atoms with van der Waals surface area (Å²) >= 11 is 0. The standard InChI is InChI=1S/C16H21N3O4S/c1-11(2)16-18-15(23-19-16)9-5-8-14(20)17-12-6-4-7-13(10-12)24(3,21)22/h4,6-7,10-11H,5,8-9H2,1-3H3,(H,17,20). The summed E-state index contributed by atoms with van der Waals surface area (Å²) in [7, 11) is -3.30. The largest absolute Gasteiger partial charge is 0.339 e. The second kappa shape index (κ2) is 7.57. The van der Waals surface area contributed by atoms with E-state index < -0.39 is 9.84 Å². The zero-order valence-electron chi connectivity index (χ0n) is 13.9. The Bertz CT molecular complexity index is 812. The highest BCUT2D eigenvalue weighted by Gasteiger charge is 2.11. The smallest absolute Gasteiger partial charge is 0.226 e. The fraction of sp³-hybridized carbons (Fsp3) is 0.438. The number of benzene rings is 1. The van der Waals surface area contributed by atoms with Crippen LogP contribution in [0.2, 0.25) is 0 Å². The van der Waals surface area contributed by atoms with Gasteiger partial charge in [-0.2, -0.15) is 4.98 Å². The normalized spacial score (nSPS) is 11.7. The first-order valence-corrected chi connectivity index (χ1v) is 9.57. The molecule has 0 radical (unpaired) electrons. The highest BCUT2D eigenvalue weighted by molar-refractivity contribution is 7.90. The van der Waals surface area contributed by atoms with Crippen molar-refractivity contribution in [1.82, 2.24) is 10.1 Å². The van der Waals surface area contributed by atoms with Crippen molar-refractivity contribution in [3.05, 3.63) is 36.0 Å². The maximum Gasteiger partial charge on any atom is 0.226 e. The Morgan fingerprint density at radius 3 is 2.71 bits per heavy atom. The van der Waals surface area contributed by atoms with E-state index in [1.54, 1.807) is 12.1 Å². The molecule has 0 unspecified atom stereocenters. The molecule has 24 heavy (non-hydrogen) atoms. The monoisotopic (exact) mass is 351 g/mol. The molecular weight excluding hydrogens is 330 g/mol. The van der Waals surface area contributed by atoms with Gasteiger partial charge in [0.15, 0.2) is 15.7 Å². The van der Waals surface area contributed by atoms with Crippen molar-refractivity contribution < 1.29 is 17.7 Å². The van der Waals surface area contributed by atoms with Gasteiger partial charge in [0.2, 0.25) is 11.8 Å². The Morgan fingerprint density at radius 1 is 1.33 bits per heavy atom. The SMILES string of the molecule is CC(C)c1noc(CCCC(=O)Nc2cccc(S(C)(=O)=O)c2)n1. The van der Waals surface area contributed by atoms with E-state index in [9.17, 15) is 13.2 Å². The van der Waals surface area contributed by atoms with E-state index in [-0.39, 0.29) is 23.1 Å². The number of anilines is 1. The molecule has 130 valence electrons. The maximum absolute atomic E-state index is 11.9. The average molecular weight is 351 g/mol. The first kappa shape index (κ1) is 18.1. The number of carbonyl (C=O) groups excluding carboxylic acids is 1. The average Bonchev–Trinajstić information content (AvgIpc) is 2.96. The van der Waals surface area contributed by atoms with E-state index in [1.165, 1.54) is 12.1 Å². The number of rotatable bonds is 7. The number of hydrogen-bond donors (Lipinski definition) is 1. The van der Waals surface area contributed by atoms with Gasteiger partial charge >= 0.3 is 0 Å². The third-order valence-corrected chi connectivity index (χ3v) is 4.45. The lowest BCUT2D eigenvalue weighted by Crippen LogP contribution is -2.12. The second-order valence-corrected chi connectivity index (χ2v) is 7.92. The molecule has 0 aliphatic carbocycles. The van der Waals surface area contributed by atoms with Gasteiger partial charge in [-0.05, 0) is 24.6 Å². The molecule has 8 heteroatoms. The Kier molecular flexibility index (Phi) is 5.71. The molecular formula is C16H21N3O4S. The van der Waals surface area contributed by atoms with Crippen molar-refractivity contribution in [2.75, 3.05) is 11.6 Å². The van der Waals surface area contributed by atoms with Crippen LogP contribution >= 0.6 is 0 Å². The van der Waals surface area contributed by atoms with Crippen LogP contribution in [0.1, 0.15) is 44.3 Å². The molecule has 1 amide bonds. The highest BCUT2D eigenvalue weighted by Crippen LogP contribution is 2.16. The van der Waals surface area contributed by atoms with Crippen molar-refractivity contribution >= 4 is 21.4 Å². The minimum atomic E-state index is -3.30. The van der Waals surface area contributed by atoms with E-state index >= 15 is 0 Å². The van der Waals surface area contributed by atoms with Gasteiger partial charge in [0, 0.05) is 30.7 Å². The van der Waals surface area contributed by atoms with Gasteiger partial charge in [0.05, 0.1) is 4.90 Å². The molecule has 0 saturated carbocycles. The number of hydrogen-bond acceptors (Lipinski definition) is 6. The van der Waals surface area contributed by atoms with Crippen LogP contribution in [-0.2, 0) is 21.1 Å². The van der Waals surface area contributed by atoms with Crippen LogP contribution in [0.15, 0.2) is 33.7 Å². The number of carbonyl (C=O) groups is 1. The molecule has 1 aromatic heterocycles. The zero-order valence-corrected chi connectivity index (χ0v) is 14.8. The van der Waals surface area contributed by atoms with Crippen LogP contribution in [0, 0.1) is 0 Å². The summed E-state index contributed by atoms with van der Waals surface area (Å²) in [6.07, 6.45) is 2.50. The molecule has 0 fully saturated rings. The van der Waals surface area contributed by atoms with Crippen LogP contribution < -0.4 is 5.32 Å². The third-order valence-electron chi connectivity index (χ3n) is 3.34. The molecule has 0 saturated heterocycles. The predicted octanol–water partition coefficient (Wildman–Crippen LogP) is 2.56. The lowest BCUT2D eigenvalue weighted by Gasteiger charge is -2.06. The Labute approximate surface area is 141 Å². The van der Waals surface area contributed by atoms with E-state index in [0.717, 1.165) is 6.26 Å². The lowest BCUT2D eigenvalue weighted by atomic mass is 10.2. The summed E-state index contributed by atoms with van der Waals surface area (Å²) in [6, 6.07) is 6.18. The topological polar surface area (TPSA) is 102 Å². The Hall–Kier alpha value is -2.22. The predicted molar refractivity (Wildman–Crippen MR) is 89.5 cm³/mol. The van der Waals surface area contributed by atoms with Crippen LogP contribution in [0.5, 0.6) is 0 Å². The molecule has 0 aliphatic heterocycles.